The van der Waals surface area contributed by atoms with E-state index in [0.29, 0.717) is 24.2 Å². The van der Waals surface area contributed by atoms with Gasteiger partial charge in [-0.1, -0.05) is 60.7 Å². The molecule has 148 valence electrons. The maximum atomic E-state index is 13.0. The van der Waals surface area contributed by atoms with Gasteiger partial charge in [-0.2, -0.15) is 0 Å². The Morgan fingerprint density at radius 3 is 2.31 bits per heavy atom. The molecule has 7 nitrogen and oxygen atoms in total. The fourth-order valence-electron chi connectivity index (χ4n) is 3.43. The Morgan fingerprint density at radius 2 is 1.62 bits per heavy atom. The molecular weight excluding hydrogens is 370 g/mol. The van der Waals surface area contributed by atoms with Gasteiger partial charge in [-0.3, -0.25) is 9.36 Å². The Bertz CT molecular complexity index is 1120. The molecule has 29 heavy (non-hydrogen) atoms. The van der Waals surface area contributed by atoms with Crippen LogP contribution in [-0.4, -0.2) is 27.1 Å². The van der Waals surface area contributed by atoms with Crippen molar-refractivity contribution in [3.8, 4) is 0 Å². The van der Waals surface area contributed by atoms with Crippen LogP contribution in [0.1, 0.15) is 22.4 Å². The molecule has 1 aromatic heterocycles. The van der Waals surface area contributed by atoms with Crippen molar-refractivity contribution in [1.29, 1.82) is 0 Å². The summed E-state index contributed by atoms with van der Waals surface area (Å²) >= 11 is 0. The third-order valence-electron chi connectivity index (χ3n) is 5.00. The highest BCUT2D eigenvalue weighted by molar-refractivity contribution is 5.68. The Labute approximate surface area is 167 Å². The highest BCUT2D eigenvalue weighted by atomic mass is 16.6. The molecule has 0 radical (unpaired) electrons. The molecule has 4 rings (SSSR count). The Kier molecular flexibility index (Phi) is 5.29. The summed E-state index contributed by atoms with van der Waals surface area (Å²) in [5.41, 5.74) is 1.98. The molecule has 0 aliphatic carbocycles. The number of H-pyrrole nitrogens is 1. The van der Waals surface area contributed by atoms with E-state index < -0.39 is 11.8 Å². The van der Waals surface area contributed by atoms with Crippen LogP contribution in [0, 0.1) is 0 Å². The molecule has 1 aliphatic rings. The molecule has 2 aromatic carbocycles. The van der Waals surface area contributed by atoms with Gasteiger partial charge in [0, 0.05) is 18.7 Å². The number of benzene rings is 2. The van der Waals surface area contributed by atoms with Crippen LogP contribution in [0.2, 0.25) is 0 Å². The topological polar surface area (TPSA) is 84.4 Å². The number of ether oxygens (including phenoxy) is 1. The lowest BCUT2D eigenvalue weighted by molar-refractivity contribution is 0.0912. The average molecular weight is 391 g/mol. The van der Waals surface area contributed by atoms with Crippen LogP contribution in [0.25, 0.3) is 0 Å². The van der Waals surface area contributed by atoms with Gasteiger partial charge in [0.05, 0.1) is 18.7 Å². The predicted octanol–water partition coefficient (Wildman–Crippen LogP) is 2.28. The molecule has 0 unspecified atom stereocenters. The number of amides is 1. The zero-order chi connectivity index (χ0) is 20.2. The summed E-state index contributed by atoms with van der Waals surface area (Å²) in [6, 6.07) is 18.7. The zero-order valence-electron chi connectivity index (χ0n) is 15.8. The number of nitrogens with one attached hydrogen (secondary N) is 1. The Morgan fingerprint density at radius 1 is 0.966 bits per heavy atom. The Hall–Kier alpha value is -3.61. The number of fused-ring (bicyclic) bond motifs is 1. The van der Waals surface area contributed by atoms with E-state index in [9.17, 15) is 14.4 Å². The Balaban J connectivity index is 1.52. The lowest BCUT2D eigenvalue weighted by Gasteiger charge is -2.27. The summed E-state index contributed by atoms with van der Waals surface area (Å²) in [7, 11) is 0. The van der Waals surface area contributed by atoms with Crippen LogP contribution in [0.4, 0.5) is 4.79 Å². The second kappa shape index (κ2) is 8.18. The number of nitrogens with zero attached hydrogens (tertiary/aromatic N) is 2. The molecule has 0 spiro atoms. The van der Waals surface area contributed by atoms with Crippen molar-refractivity contribution in [2.45, 2.75) is 26.1 Å². The molecule has 7 heteroatoms. The van der Waals surface area contributed by atoms with Gasteiger partial charge in [0.2, 0.25) is 0 Å². The first-order chi connectivity index (χ1) is 14.1. The molecule has 1 amide bonds. The van der Waals surface area contributed by atoms with Crippen LogP contribution in [0.3, 0.4) is 0 Å². The minimum atomic E-state index is -0.472. The van der Waals surface area contributed by atoms with Gasteiger partial charge in [0.15, 0.2) is 0 Å². The monoisotopic (exact) mass is 391 g/mol. The first-order valence-electron chi connectivity index (χ1n) is 9.46. The van der Waals surface area contributed by atoms with Gasteiger partial charge in [0.25, 0.3) is 5.56 Å². The fourth-order valence-corrected chi connectivity index (χ4v) is 3.43. The van der Waals surface area contributed by atoms with Crippen LogP contribution in [-0.2, 0) is 30.9 Å². The summed E-state index contributed by atoms with van der Waals surface area (Å²) in [6.07, 6.45) is -0.0633. The SMILES string of the molecule is O=C(OCc1ccccc1)N1CCc2[nH]c(=O)n(Cc3ccccc3)c(=O)c2C1. The number of hydrogen-bond acceptors (Lipinski definition) is 4. The van der Waals surface area contributed by atoms with Gasteiger partial charge in [-0.05, 0) is 11.1 Å². The quantitative estimate of drug-likeness (QED) is 0.740. The lowest BCUT2D eigenvalue weighted by atomic mass is 10.1. The molecule has 1 aliphatic heterocycles. The van der Waals surface area contributed by atoms with Gasteiger partial charge >= 0.3 is 11.8 Å². The number of aromatic nitrogens is 2. The van der Waals surface area contributed by atoms with Crippen molar-refractivity contribution in [1.82, 2.24) is 14.5 Å². The second-order valence-corrected chi connectivity index (χ2v) is 6.98. The first kappa shape index (κ1) is 18.7. The van der Waals surface area contributed by atoms with E-state index in [1.54, 1.807) is 0 Å². The summed E-state index contributed by atoms with van der Waals surface area (Å²) < 4.78 is 6.55. The molecule has 1 N–H and O–H groups in total. The number of aromatic amines is 1. The minimum Gasteiger partial charge on any atom is -0.445 e. The van der Waals surface area contributed by atoms with E-state index in [0.717, 1.165) is 11.1 Å². The number of rotatable bonds is 4. The largest absolute Gasteiger partial charge is 0.445 e. The van der Waals surface area contributed by atoms with E-state index in [-0.39, 0.29) is 25.3 Å². The summed E-state index contributed by atoms with van der Waals surface area (Å²) in [6.45, 7) is 0.861. The highest BCUT2D eigenvalue weighted by Gasteiger charge is 2.26. The van der Waals surface area contributed by atoms with E-state index in [1.165, 1.54) is 9.47 Å². The van der Waals surface area contributed by atoms with E-state index in [4.69, 9.17) is 4.74 Å². The van der Waals surface area contributed by atoms with Crippen LogP contribution >= 0.6 is 0 Å². The summed E-state index contributed by atoms with van der Waals surface area (Å²) in [4.78, 5) is 42.1. The standard InChI is InChI=1S/C22H21N3O4/c26-20-18-14-24(22(28)29-15-17-9-5-2-6-10-17)12-11-19(18)23-21(27)25(20)13-16-7-3-1-4-8-16/h1-10H,11-15H2,(H,23,27). The summed E-state index contributed by atoms with van der Waals surface area (Å²) in [5.74, 6) is 0. The molecule has 2 heterocycles. The molecule has 0 bridgehead atoms. The van der Waals surface area contributed by atoms with Crippen molar-refractivity contribution in [3.63, 3.8) is 0 Å². The van der Waals surface area contributed by atoms with Crippen molar-refractivity contribution in [2.24, 2.45) is 0 Å². The molecular formula is C22H21N3O4. The van der Waals surface area contributed by atoms with Crippen LogP contribution < -0.4 is 11.2 Å². The molecule has 0 atom stereocenters. The highest BCUT2D eigenvalue weighted by Crippen LogP contribution is 2.14. The molecule has 0 fully saturated rings. The van der Waals surface area contributed by atoms with Crippen molar-refractivity contribution in [3.05, 3.63) is 104 Å². The lowest BCUT2D eigenvalue weighted by Crippen LogP contribution is -2.45. The normalized spacial score (nSPS) is 13.0. The zero-order valence-corrected chi connectivity index (χ0v) is 15.8. The maximum absolute atomic E-state index is 13.0. The third-order valence-corrected chi connectivity index (χ3v) is 5.00. The van der Waals surface area contributed by atoms with Crippen LogP contribution in [0.5, 0.6) is 0 Å². The molecule has 0 saturated carbocycles. The predicted molar refractivity (Wildman–Crippen MR) is 108 cm³/mol. The van der Waals surface area contributed by atoms with E-state index in [1.807, 2.05) is 60.7 Å². The van der Waals surface area contributed by atoms with Gasteiger partial charge in [-0.25, -0.2) is 9.59 Å². The minimum absolute atomic E-state index is 0.118. The first-order valence-corrected chi connectivity index (χ1v) is 9.46. The molecule has 0 saturated heterocycles. The summed E-state index contributed by atoms with van der Waals surface area (Å²) in [5, 5.41) is 0. The number of carbonyl (C=O) groups is 1. The second-order valence-electron chi connectivity index (χ2n) is 6.98. The van der Waals surface area contributed by atoms with Gasteiger partial charge < -0.3 is 14.6 Å². The maximum Gasteiger partial charge on any atom is 0.410 e. The van der Waals surface area contributed by atoms with Gasteiger partial charge in [0.1, 0.15) is 6.61 Å². The number of carbonyl (C=O) groups excluding carboxylic acids is 1. The fraction of sp³-hybridized carbons (Fsp3) is 0.227. The van der Waals surface area contributed by atoms with Crippen LogP contribution in [0.15, 0.2) is 70.3 Å². The third kappa shape index (κ3) is 4.13. The van der Waals surface area contributed by atoms with Crippen molar-refractivity contribution in [2.75, 3.05) is 6.54 Å². The van der Waals surface area contributed by atoms with Crippen molar-refractivity contribution >= 4 is 6.09 Å². The molecule has 3 aromatic rings. The average Bonchev–Trinajstić information content (AvgIpc) is 2.76. The number of hydrogen-bond donors (Lipinski definition) is 1. The van der Waals surface area contributed by atoms with E-state index in [2.05, 4.69) is 4.98 Å². The van der Waals surface area contributed by atoms with Gasteiger partial charge in [-0.15, -0.1) is 0 Å². The van der Waals surface area contributed by atoms with E-state index >= 15 is 0 Å². The van der Waals surface area contributed by atoms with Crippen molar-refractivity contribution < 1.29 is 9.53 Å². The smallest absolute Gasteiger partial charge is 0.410 e.